The van der Waals surface area contributed by atoms with Crippen LogP contribution < -0.4 is 5.32 Å². The van der Waals surface area contributed by atoms with E-state index in [1.54, 1.807) is 16.7 Å². The lowest BCUT2D eigenvalue weighted by atomic mass is 10.1. The quantitative estimate of drug-likeness (QED) is 0.799. The first-order chi connectivity index (χ1) is 8.54. The molecule has 1 heterocycles. The number of carbonyl (C=O) groups is 2. The summed E-state index contributed by atoms with van der Waals surface area (Å²) in [5, 5.41) is 11.7. The molecule has 1 saturated heterocycles. The van der Waals surface area contributed by atoms with Crippen LogP contribution in [0.25, 0.3) is 0 Å². The second-order valence-corrected chi connectivity index (χ2v) is 5.87. The van der Waals surface area contributed by atoms with E-state index in [9.17, 15) is 9.59 Å². The zero-order chi connectivity index (χ0) is 13.5. The van der Waals surface area contributed by atoms with E-state index >= 15 is 0 Å². The number of carboxylic acids is 1. The lowest BCUT2D eigenvalue weighted by molar-refractivity contribution is -0.137. The van der Waals surface area contributed by atoms with Crippen molar-refractivity contribution in [1.29, 1.82) is 0 Å². The van der Waals surface area contributed by atoms with Crippen LogP contribution in [-0.4, -0.2) is 52.6 Å². The number of rotatable bonds is 5. The summed E-state index contributed by atoms with van der Waals surface area (Å²) in [5.74, 6) is 1.20. The van der Waals surface area contributed by atoms with Gasteiger partial charge in [-0.25, -0.2) is 4.79 Å². The van der Waals surface area contributed by atoms with Crippen molar-refractivity contribution in [2.45, 2.75) is 32.7 Å². The summed E-state index contributed by atoms with van der Waals surface area (Å²) in [6.45, 7) is 5.45. The van der Waals surface area contributed by atoms with Crippen LogP contribution in [-0.2, 0) is 4.79 Å². The molecule has 0 spiro atoms. The van der Waals surface area contributed by atoms with Crippen LogP contribution in [0.4, 0.5) is 4.79 Å². The number of aliphatic carboxylic acids is 1. The van der Waals surface area contributed by atoms with Crippen LogP contribution in [0.3, 0.4) is 0 Å². The van der Waals surface area contributed by atoms with Crippen LogP contribution >= 0.6 is 11.8 Å². The number of nitrogens with zero attached hydrogens (tertiary/aromatic N) is 1. The summed E-state index contributed by atoms with van der Waals surface area (Å²) in [6.07, 6.45) is 1.05. The van der Waals surface area contributed by atoms with Gasteiger partial charge >= 0.3 is 12.0 Å². The second kappa shape index (κ2) is 7.51. The van der Waals surface area contributed by atoms with Gasteiger partial charge in [-0.15, -0.1) is 0 Å². The van der Waals surface area contributed by atoms with Crippen molar-refractivity contribution >= 4 is 23.8 Å². The minimum atomic E-state index is -0.845. The number of nitrogens with one attached hydrogen (secondary N) is 1. The summed E-state index contributed by atoms with van der Waals surface area (Å²) >= 11 is 1.71. The maximum atomic E-state index is 12.0. The van der Waals surface area contributed by atoms with E-state index in [2.05, 4.69) is 19.2 Å². The van der Waals surface area contributed by atoms with Gasteiger partial charge in [-0.05, 0) is 5.92 Å². The van der Waals surface area contributed by atoms with Gasteiger partial charge in [-0.1, -0.05) is 20.3 Å². The number of amides is 2. The Hall–Kier alpha value is -0.910. The van der Waals surface area contributed by atoms with Crippen molar-refractivity contribution in [3.05, 3.63) is 0 Å². The van der Waals surface area contributed by atoms with Gasteiger partial charge in [0.2, 0.25) is 0 Å². The summed E-state index contributed by atoms with van der Waals surface area (Å²) in [7, 11) is 0. The highest BCUT2D eigenvalue weighted by molar-refractivity contribution is 7.99. The Balaban J connectivity index is 2.49. The maximum absolute atomic E-state index is 12.0. The second-order valence-electron chi connectivity index (χ2n) is 4.72. The van der Waals surface area contributed by atoms with E-state index in [0.29, 0.717) is 24.8 Å². The molecule has 0 radical (unpaired) electrons. The van der Waals surface area contributed by atoms with Crippen LogP contribution in [0.15, 0.2) is 0 Å². The molecule has 1 fully saturated rings. The van der Waals surface area contributed by atoms with Crippen LogP contribution in [0.1, 0.15) is 26.7 Å². The maximum Gasteiger partial charge on any atom is 0.317 e. The molecule has 2 amide bonds. The zero-order valence-electron chi connectivity index (χ0n) is 11.0. The largest absolute Gasteiger partial charge is 0.481 e. The van der Waals surface area contributed by atoms with Crippen LogP contribution in [0.2, 0.25) is 0 Å². The third-order valence-corrected chi connectivity index (χ3v) is 4.29. The SMILES string of the molecule is CCC(C)CNC(=O)N1CCSCC1CC(=O)O. The lowest BCUT2D eigenvalue weighted by Gasteiger charge is -2.34. The smallest absolute Gasteiger partial charge is 0.317 e. The number of hydrogen-bond donors (Lipinski definition) is 2. The van der Waals surface area contributed by atoms with Gasteiger partial charge in [-0.3, -0.25) is 4.79 Å². The van der Waals surface area contributed by atoms with E-state index in [0.717, 1.165) is 12.2 Å². The Morgan fingerprint density at radius 3 is 2.89 bits per heavy atom. The predicted molar refractivity (Wildman–Crippen MR) is 72.9 cm³/mol. The molecule has 6 heteroatoms. The molecule has 1 aliphatic rings. The molecule has 5 nitrogen and oxygen atoms in total. The van der Waals surface area contributed by atoms with Gasteiger partial charge in [0.15, 0.2) is 0 Å². The fraction of sp³-hybridized carbons (Fsp3) is 0.833. The Morgan fingerprint density at radius 1 is 1.56 bits per heavy atom. The average Bonchev–Trinajstić information content (AvgIpc) is 2.35. The summed E-state index contributed by atoms with van der Waals surface area (Å²) in [5.41, 5.74) is 0. The van der Waals surface area contributed by atoms with Crippen LogP contribution in [0, 0.1) is 5.92 Å². The molecule has 0 aromatic heterocycles. The molecule has 0 saturated carbocycles. The predicted octanol–water partition coefficient (Wildman–Crippen LogP) is 1.63. The fourth-order valence-electron chi connectivity index (χ4n) is 1.80. The monoisotopic (exact) mass is 274 g/mol. The minimum absolute atomic E-state index is 0.0315. The molecule has 0 aliphatic carbocycles. The molecular formula is C12H22N2O3S. The fourth-order valence-corrected chi connectivity index (χ4v) is 2.86. The normalized spacial score (nSPS) is 21.4. The molecular weight excluding hydrogens is 252 g/mol. The van der Waals surface area contributed by atoms with E-state index < -0.39 is 5.97 Å². The molecule has 0 aromatic rings. The molecule has 2 unspecified atom stereocenters. The average molecular weight is 274 g/mol. The van der Waals surface area contributed by atoms with Crippen molar-refractivity contribution in [2.24, 2.45) is 5.92 Å². The zero-order valence-corrected chi connectivity index (χ0v) is 11.8. The lowest BCUT2D eigenvalue weighted by Crippen LogP contribution is -2.51. The molecule has 2 atom stereocenters. The van der Waals surface area contributed by atoms with E-state index in [1.807, 2.05) is 0 Å². The summed E-state index contributed by atoms with van der Waals surface area (Å²) in [4.78, 5) is 24.5. The molecule has 0 aromatic carbocycles. The van der Waals surface area contributed by atoms with Gasteiger partial charge in [-0.2, -0.15) is 11.8 Å². The first kappa shape index (κ1) is 15.1. The first-order valence-electron chi connectivity index (χ1n) is 6.38. The summed E-state index contributed by atoms with van der Waals surface area (Å²) in [6, 6.07) is -0.306. The van der Waals surface area contributed by atoms with E-state index in [-0.39, 0.29) is 18.5 Å². The van der Waals surface area contributed by atoms with Gasteiger partial charge < -0.3 is 15.3 Å². The number of carbonyl (C=O) groups excluding carboxylic acids is 1. The van der Waals surface area contributed by atoms with Gasteiger partial charge in [0, 0.05) is 24.6 Å². The number of thioether (sulfide) groups is 1. The Bertz CT molecular complexity index is 299. The summed E-state index contributed by atoms with van der Waals surface area (Å²) < 4.78 is 0. The molecule has 18 heavy (non-hydrogen) atoms. The Kier molecular flexibility index (Phi) is 6.32. The van der Waals surface area contributed by atoms with E-state index in [1.165, 1.54) is 0 Å². The topological polar surface area (TPSA) is 69.6 Å². The highest BCUT2D eigenvalue weighted by Crippen LogP contribution is 2.19. The molecule has 1 aliphatic heterocycles. The highest BCUT2D eigenvalue weighted by Gasteiger charge is 2.28. The van der Waals surface area contributed by atoms with Gasteiger partial charge in [0.1, 0.15) is 0 Å². The van der Waals surface area contributed by atoms with Crippen molar-refractivity contribution in [2.75, 3.05) is 24.6 Å². The Morgan fingerprint density at radius 2 is 2.28 bits per heavy atom. The molecule has 2 N–H and O–H groups in total. The third kappa shape index (κ3) is 4.76. The molecule has 1 rings (SSSR count). The minimum Gasteiger partial charge on any atom is -0.481 e. The number of carboxylic acid groups (broad SMARTS) is 1. The highest BCUT2D eigenvalue weighted by atomic mass is 32.2. The van der Waals surface area contributed by atoms with Crippen molar-refractivity contribution in [1.82, 2.24) is 10.2 Å². The first-order valence-corrected chi connectivity index (χ1v) is 7.54. The standard InChI is InChI=1S/C12H22N2O3S/c1-3-9(2)7-13-12(17)14-4-5-18-8-10(14)6-11(15)16/h9-10H,3-8H2,1-2H3,(H,13,17)(H,15,16). The van der Waals surface area contributed by atoms with E-state index in [4.69, 9.17) is 5.11 Å². The molecule has 0 bridgehead atoms. The molecule has 104 valence electrons. The van der Waals surface area contributed by atoms with Crippen LogP contribution in [0.5, 0.6) is 0 Å². The van der Waals surface area contributed by atoms with Crippen molar-refractivity contribution in [3.63, 3.8) is 0 Å². The third-order valence-electron chi connectivity index (χ3n) is 3.20. The van der Waals surface area contributed by atoms with Crippen molar-refractivity contribution < 1.29 is 14.7 Å². The van der Waals surface area contributed by atoms with Gasteiger partial charge in [0.05, 0.1) is 12.5 Å². The van der Waals surface area contributed by atoms with Gasteiger partial charge in [0.25, 0.3) is 0 Å². The number of urea groups is 1. The van der Waals surface area contributed by atoms with Crippen molar-refractivity contribution in [3.8, 4) is 0 Å². The Labute approximate surface area is 112 Å². The number of hydrogen-bond acceptors (Lipinski definition) is 3.